The van der Waals surface area contributed by atoms with E-state index in [1.54, 1.807) is 19.1 Å². The summed E-state index contributed by atoms with van der Waals surface area (Å²) in [5.41, 5.74) is 0.647. The van der Waals surface area contributed by atoms with Gasteiger partial charge in [-0.15, -0.1) is 0 Å². The molecular weight excluding hydrogens is 382 g/mol. The van der Waals surface area contributed by atoms with Crippen LogP contribution in [0.3, 0.4) is 0 Å². The van der Waals surface area contributed by atoms with Gasteiger partial charge in [0.15, 0.2) is 0 Å². The van der Waals surface area contributed by atoms with Crippen LogP contribution in [0.15, 0.2) is 60.8 Å². The molecule has 1 amide bonds. The quantitative estimate of drug-likeness (QED) is 0.645. The Morgan fingerprint density at radius 1 is 1.03 bits per heavy atom. The second-order valence-corrected chi connectivity index (χ2v) is 6.18. The lowest BCUT2D eigenvalue weighted by Gasteiger charge is -2.16. The number of pyridine rings is 1. The van der Waals surface area contributed by atoms with Gasteiger partial charge in [0.2, 0.25) is 5.88 Å². The van der Waals surface area contributed by atoms with E-state index in [1.165, 1.54) is 36.4 Å². The average Bonchev–Trinajstić information content (AvgIpc) is 2.71. The third-order valence-corrected chi connectivity index (χ3v) is 4.10. The molecule has 1 atom stereocenters. The van der Waals surface area contributed by atoms with Crippen LogP contribution in [-0.2, 0) is 0 Å². The van der Waals surface area contributed by atoms with Gasteiger partial charge in [0.1, 0.15) is 22.9 Å². The van der Waals surface area contributed by atoms with Crippen LogP contribution in [0.4, 0.5) is 8.78 Å². The van der Waals surface area contributed by atoms with E-state index in [4.69, 9.17) is 9.84 Å². The van der Waals surface area contributed by atoms with Crippen molar-refractivity contribution in [3.63, 3.8) is 0 Å². The summed E-state index contributed by atoms with van der Waals surface area (Å²) < 4.78 is 32.2. The summed E-state index contributed by atoms with van der Waals surface area (Å²) in [5, 5.41) is 11.6. The van der Waals surface area contributed by atoms with Gasteiger partial charge in [0, 0.05) is 0 Å². The number of carboxylic acids is 1. The SMILES string of the molecule is C[C@H](NC(=O)c1cc(F)cnc1Oc1ccc(F)cc1)c1ccc(C(=O)O)cc1. The number of aromatic carboxylic acids is 1. The van der Waals surface area contributed by atoms with Crippen molar-refractivity contribution in [2.45, 2.75) is 13.0 Å². The zero-order valence-electron chi connectivity index (χ0n) is 15.2. The van der Waals surface area contributed by atoms with Gasteiger partial charge >= 0.3 is 5.97 Å². The Morgan fingerprint density at radius 3 is 2.31 bits per heavy atom. The fourth-order valence-corrected chi connectivity index (χ4v) is 2.56. The zero-order chi connectivity index (χ0) is 21.0. The molecule has 29 heavy (non-hydrogen) atoms. The number of ether oxygens (including phenoxy) is 1. The molecule has 0 radical (unpaired) electrons. The molecule has 1 aromatic heterocycles. The van der Waals surface area contributed by atoms with Gasteiger partial charge in [-0.1, -0.05) is 12.1 Å². The number of amides is 1. The lowest BCUT2D eigenvalue weighted by Crippen LogP contribution is -2.27. The third-order valence-electron chi connectivity index (χ3n) is 4.10. The predicted molar refractivity (Wildman–Crippen MR) is 100.0 cm³/mol. The van der Waals surface area contributed by atoms with Crippen LogP contribution >= 0.6 is 0 Å². The maximum Gasteiger partial charge on any atom is 0.335 e. The minimum atomic E-state index is -1.05. The fraction of sp³-hybridized carbons (Fsp3) is 0.0952. The number of nitrogens with zero attached hydrogens (tertiary/aromatic N) is 1. The van der Waals surface area contributed by atoms with Crippen molar-refractivity contribution in [2.24, 2.45) is 0 Å². The highest BCUT2D eigenvalue weighted by Crippen LogP contribution is 2.25. The van der Waals surface area contributed by atoms with Gasteiger partial charge in [0.05, 0.1) is 17.8 Å². The van der Waals surface area contributed by atoms with Gasteiger partial charge in [-0.05, 0) is 55.0 Å². The first-order chi connectivity index (χ1) is 13.8. The van der Waals surface area contributed by atoms with Gasteiger partial charge in [-0.25, -0.2) is 18.6 Å². The number of halogens is 2. The van der Waals surface area contributed by atoms with E-state index < -0.39 is 29.6 Å². The number of rotatable bonds is 6. The fourth-order valence-electron chi connectivity index (χ4n) is 2.56. The molecule has 148 valence electrons. The van der Waals surface area contributed by atoms with Crippen LogP contribution in [0.25, 0.3) is 0 Å². The topological polar surface area (TPSA) is 88.5 Å². The molecule has 0 bridgehead atoms. The molecule has 6 nitrogen and oxygen atoms in total. The summed E-state index contributed by atoms with van der Waals surface area (Å²) in [6.07, 6.45) is 0.906. The summed E-state index contributed by atoms with van der Waals surface area (Å²) in [5.74, 6) is -2.77. The van der Waals surface area contributed by atoms with Crippen molar-refractivity contribution in [3.05, 3.63) is 89.1 Å². The standard InChI is InChI=1S/C21H16F2N2O4/c1-12(13-2-4-14(5-3-13)21(27)28)25-19(26)18-10-16(23)11-24-20(18)29-17-8-6-15(22)7-9-17/h2-12H,1H3,(H,25,26)(H,27,28)/t12-/m0/s1. The van der Waals surface area contributed by atoms with Crippen molar-refractivity contribution in [3.8, 4) is 11.6 Å². The number of hydrogen-bond acceptors (Lipinski definition) is 4. The van der Waals surface area contributed by atoms with Crippen LogP contribution in [0.5, 0.6) is 11.6 Å². The Bertz CT molecular complexity index is 1040. The highest BCUT2D eigenvalue weighted by atomic mass is 19.1. The van der Waals surface area contributed by atoms with Crippen LogP contribution in [-0.4, -0.2) is 22.0 Å². The summed E-state index contributed by atoms with van der Waals surface area (Å²) in [4.78, 5) is 27.4. The van der Waals surface area contributed by atoms with Crippen molar-refractivity contribution >= 4 is 11.9 Å². The zero-order valence-corrected chi connectivity index (χ0v) is 15.2. The van der Waals surface area contributed by atoms with Gasteiger partial charge in [-0.2, -0.15) is 0 Å². The smallest absolute Gasteiger partial charge is 0.335 e. The number of carbonyl (C=O) groups excluding carboxylic acids is 1. The van der Waals surface area contributed by atoms with E-state index in [1.807, 2.05) is 0 Å². The molecule has 0 unspecified atom stereocenters. The molecule has 2 N–H and O–H groups in total. The average molecular weight is 398 g/mol. The molecule has 0 aliphatic rings. The summed E-state index contributed by atoms with van der Waals surface area (Å²) in [6.45, 7) is 1.70. The maximum atomic E-state index is 13.7. The second kappa shape index (κ2) is 8.47. The van der Waals surface area contributed by atoms with E-state index in [-0.39, 0.29) is 22.8 Å². The molecule has 0 saturated carbocycles. The summed E-state index contributed by atoms with van der Waals surface area (Å²) in [7, 11) is 0. The Hall–Kier alpha value is -3.81. The normalized spacial score (nSPS) is 11.6. The van der Waals surface area contributed by atoms with Gasteiger partial charge in [-0.3, -0.25) is 4.79 Å². The first-order valence-electron chi connectivity index (χ1n) is 8.56. The first-order valence-corrected chi connectivity index (χ1v) is 8.56. The van der Waals surface area contributed by atoms with Gasteiger partial charge < -0.3 is 15.2 Å². The Labute approximate surface area is 164 Å². The number of hydrogen-bond donors (Lipinski definition) is 2. The molecule has 3 rings (SSSR count). The monoisotopic (exact) mass is 398 g/mol. The second-order valence-electron chi connectivity index (χ2n) is 6.18. The van der Waals surface area contributed by atoms with Crippen LogP contribution in [0.2, 0.25) is 0 Å². The molecule has 0 spiro atoms. The van der Waals surface area contributed by atoms with Crippen molar-refractivity contribution in [2.75, 3.05) is 0 Å². The van der Waals surface area contributed by atoms with Crippen LogP contribution in [0.1, 0.15) is 39.2 Å². The predicted octanol–water partition coefficient (Wildman–Crippen LogP) is 4.34. The maximum absolute atomic E-state index is 13.7. The van der Waals surface area contributed by atoms with Crippen LogP contribution < -0.4 is 10.1 Å². The van der Waals surface area contributed by atoms with Crippen molar-refractivity contribution in [1.82, 2.24) is 10.3 Å². The minimum absolute atomic E-state index is 0.122. The molecule has 3 aromatic rings. The van der Waals surface area contributed by atoms with Crippen LogP contribution in [0, 0.1) is 11.6 Å². The Balaban J connectivity index is 1.79. The Morgan fingerprint density at radius 2 is 1.69 bits per heavy atom. The molecule has 0 saturated heterocycles. The number of carbonyl (C=O) groups is 2. The third kappa shape index (κ3) is 4.92. The number of aromatic nitrogens is 1. The highest BCUT2D eigenvalue weighted by molar-refractivity contribution is 5.96. The summed E-state index contributed by atoms with van der Waals surface area (Å²) in [6, 6.07) is 11.6. The van der Waals surface area contributed by atoms with Crippen molar-refractivity contribution < 1.29 is 28.2 Å². The molecule has 0 aliphatic heterocycles. The molecule has 1 heterocycles. The van der Waals surface area contributed by atoms with Gasteiger partial charge in [0.25, 0.3) is 5.91 Å². The van der Waals surface area contributed by atoms with Crippen molar-refractivity contribution in [1.29, 1.82) is 0 Å². The number of benzene rings is 2. The molecule has 0 aliphatic carbocycles. The highest BCUT2D eigenvalue weighted by Gasteiger charge is 2.19. The number of carboxylic acid groups (broad SMARTS) is 1. The molecular formula is C21H16F2N2O4. The van der Waals surface area contributed by atoms with E-state index in [0.717, 1.165) is 12.3 Å². The largest absolute Gasteiger partial charge is 0.478 e. The van der Waals surface area contributed by atoms with E-state index in [9.17, 15) is 18.4 Å². The first kappa shape index (κ1) is 19.9. The van der Waals surface area contributed by atoms with E-state index in [2.05, 4.69) is 10.3 Å². The lowest BCUT2D eigenvalue weighted by atomic mass is 10.1. The summed E-state index contributed by atoms with van der Waals surface area (Å²) >= 11 is 0. The van der Waals surface area contributed by atoms with E-state index in [0.29, 0.717) is 5.56 Å². The number of nitrogens with one attached hydrogen (secondary N) is 1. The van der Waals surface area contributed by atoms with E-state index >= 15 is 0 Å². The lowest BCUT2D eigenvalue weighted by molar-refractivity contribution is 0.0696. The molecule has 0 fully saturated rings. The minimum Gasteiger partial charge on any atom is -0.478 e. The molecule has 8 heteroatoms. The Kier molecular flexibility index (Phi) is 5.82. The molecule has 2 aromatic carbocycles.